The number of carbonyl (C=O) groups is 1. The lowest BCUT2D eigenvalue weighted by atomic mass is 10.1. The molecule has 1 amide bonds. The van der Waals surface area contributed by atoms with E-state index >= 15 is 0 Å². The zero-order chi connectivity index (χ0) is 16.4. The summed E-state index contributed by atoms with van der Waals surface area (Å²) in [5.74, 6) is -0.799. The minimum Gasteiger partial charge on any atom is -0.353 e. The molecule has 2 heterocycles. The number of halogens is 2. The first kappa shape index (κ1) is 16.1. The van der Waals surface area contributed by atoms with Crippen LogP contribution in [-0.4, -0.2) is 21.9 Å². The van der Waals surface area contributed by atoms with Crippen molar-refractivity contribution >= 4 is 17.5 Å². The van der Waals surface area contributed by atoms with E-state index in [9.17, 15) is 9.18 Å². The van der Waals surface area contributed by atoms with Gasteiger partial charge in [-0.15, -0.1) is 0 Å². The molecule has 5 heteroatoms. The third-order valence-electron chi connectivity index (χ3n) is 4.50. The van der Waals surface area contributed by atoms with Gasteiger partial charge in [-0.1, -0.05) is 24.4 Å². The Bertz CT molecular complexity index is 713. The van der Waals surface area contributed by atoms with E-state index in [2.05, 4.69) is 0 Å². The van der Waals surface area contributed by atoms with E-state index in [1.54, 1.807) is 4.90 Å². The van der Waals surface area contributed by atoms with Crippen LogP contribution in [0.1, 0.15) is 47.8 Å². The summed E-state index contributed by atoms with van der Waals surface area (Å²) in [7, 11) is 1.98. The highest BCUT2D eigenvalue weighted by Gasteiger charge is 2.30. The van der Waals surface area contributed by atoms with Crippen molar-refractivity contribution in [1.82, 2.24) is 9.47 Å². The van der Waals surface area contributed by atoms with E-state index in [0.717, 1.165) is 31.4 Å². The Hall–Kier alpha value is -1.81. The first-order valence-corrected chi connectivity index (χ1v) is 8.33. The Labute approximate surface area is 140 Å². The van der Waals surface area contributed by atoms with Crippen LogP contribution in [0.3, 0.4) is 0 Å². The van der Waals surface area contributed by atoms with E-state index in [-0.39, 0.29) is 17.5 Å². The molecular weight excluding hydrogens is 315 g/mol. The molecule has 122 valence electrons. The number of benzene rings is 1. The van der Waals surface area contributed by atoms with Gasteiger partial charge in [0.15, 0.2) is 0 Å². The first-order chi connectivity index (χ1) is 11.1. The van der Waals surface area contributed by atoms with Gasteiger partial charge in [-0.2, -0.15) is 0 Å². The average Bonchev–Trinajstić information content (AvgIpc) is 2.82. The van der Waals surface area contributed by atoms with Crippen LogP contribution in [0.2, 0.25) is 5.02 Å². The van der Waals surface area contributed by atoms with Gasteiger partial charge in [-0.05, 0) is 43.2 Å². The highest BCUT2D eigenvalue weighted by atomic mass is 35.5. The van der Waals surface area contributed by atoms with Gasteiger partial charge in [0.2, 0.25) is 0 Å². The Kier molecular flexibility index (Phi) is 4.71. The fourth-order valence-electron chi connectivity index (χ4n) is 3.30. The van der Waals surface area contributed by atoms with Crippen molar-refractivity contribution in [3.05, 3.63) is 58.6 Å². The van der Waals surface area contributed by atoms with Gasteiger partial charge in [0.1, 0.15) is 5.82 Å². The third-order valence-corrected chi connectivity index (χ3v) is 4.73. The number of aryl methyl sites for hydroxylation is 1. The maximum atomic E-state index is 14.1. The summed E-state index contributed by atoms with van der Waals surface area (Å²) >= 11 is 5.95. The fourth-order valence-corrected chi connectivity index (χ4v) is 3.47. The lowest BCUT2D eigenvalue weighted by Gasteiger charge is -2.31. The number of amides is 1. The minimum atomic E-state index is -0.519. The second kappa shape index (κ2) is 6.75. The first-order valence-electron chi connectivity index (χ1n) is 7.95. The number of aromatic nitrogens is 1. The van der Waals surface area contributed by atoms with E-state index in [1.165, 1.54) is 18.2 Å². The topological polar surface area (TPSA) is 25.2 Å². The van der Waals surface area contributed by atoms with Crippen molar-refractivity contribution in [2.45, 2.75) is 31.7 Å². The Morgan fingerprint density at radius 2 is 2.09 bits per heavy atom. The van der Waals surface area contributed by atoms with Crippen LogP contribution in [0.15, 0.2) is 36.5 Å². The lowest BCUT2D eigenvalue weighted by Crippen LogP contribution is -2.36. The molecular formula is C18H20ClFN2O. The molecule has 0 saturated carbocycles. The van der Waals surface area contributed by atoms with Crippen molar-refractivity contribution < 1.29 is 9.18 Å². The van der Waals surface area contributed by atoms with E-state index in [4.69, 9.17) is 11.6 Å². The maximum absolute atomic E-state index is 14.1. The molecule has 0 aliphatic carbocycles. The number of hydrogen-bond acceptors (Lipinski definition) is 1. The molecule has 0 radical (unpaired) electrons. The van der Waals surface area contributed by atoms with Gasteiger partial charge < -0.3 is 9.47 Å². The summed E-state index contributed by atoms with van der Waals surface area (Å²) in [5.41, 5.74) is 1.14. The van der Waals surface area contributed by atoms with Crippen LogP contribution >= 0.6 is 11.6 Å². The number of carbonyl (C=O) groups excluding carboxylic acids is 1. The number of hydrogen-bond donors (Lipinski definition) is 0. The molecule has 3 rings (SSSR count). The molecule has 1 aliphatic rings. The van der Waals surface area contributed by atoms with Gasteiger partial charge in [-0.25, -0.2) is 4.39 Å². The van der Waals surface area contributed by atoms with Gasteiger partial charge >= 0.3 is 0 Å². The van der Waals surface area contributed by atoms with Crippen LogP contribution in [-0.2, 0) is 7.05 Å². The molecule has 1 aromatic carbocycles. The van der Waals surface area contributed by atoms with Crippen LogP contribution in [0, 0.1) is 5.82 Å². The highest BCUT2D eigenvalue weighted by molar-refractivity contribution is 6.31. The van der Waals surface area contributed by atoms with Gasteiger partial charge in [0.25, 0.3) is 5.91 Å². The quantitative estimate of drug-likeness (QED) is 0.789. The lowest BCUT2D eigenvalue weighted by molar-refractivity contribution is 0.0669. The summed E-state index contributed by atoms with van der Waals surface area (Å²) < 4.78 is 16.1. The Morgan fingerprint density at radius 3 is 2.83 bits per heavy atom. The van der Waals surface area contributed by atoms with Crippen LogP contribution < -0.4 is 0 Å². The van der Waals surface area contributed by atoms with Crippen LogP contribution in [0.5, 0.6) is 0 Å². The van der Waals surface area contributed by atoms with Crippen LogP contribution in [0.25, 0.3) is 0 Å². The summed E-state index contributed by atoms with van der Waals surface area (Å²) in [6.07, 6.45) is 5.96. The Balaban J connectivity index is 1.98. The molecule has 0 bridgehead atoms. The maximum Gasteiger partial charge on any atom is 0.257 e. The number of nitrogens with zero attached hydrogens (tertiary/aromatic N) is 2. The molecule has 1 unspecified atom stereocenters. The molecule has 1 atom stereocenters. The number of rotatable bonds is 2. The molecule has 1 fully saturated rings. The molecule has 23 heavy (non-hydrogen) atoms. The SMILES string of the molecule is Cn1cccc1C1CCCCCN1C(=O)c1cc(Cl)ccc1F. The molecule has 1 aliphatic heterocycles. The predicted molar refractivity (Wildman–Crippen MR) is 89.1 cm³/mol. The summed E-state index contributed by atoms with van der Waals surface area (Å²) in [5, 5.41) is 0.375. The molecule has 1 saturated heterocycles. The fraction of sp³-hybridized carbons (Fsp3) is 0.389. The smallest absolute Gasteiger partial charge is 0.257 e. The predicted octanol–water partition coefficient (Wildman–Crippen LogP) is 4.58. The summed E-state index contributed by atoms with van der Waals surface area (Å²) in [6, 6.07) is 8.12. The normalized spacial score (nSPS) is 18.7. The van der Waals surface area contributed by atoms with Gasteiger partial charge in [-0.3, -0.25) is 4.79 Å². The zero-order valence-corrected chi connectivity index (χ0v) is 13.9. The second-order valence-electron chi connectivity index (χ2n) is 6.03. The molecule has 0 spiro atoms. The van der Waals surface area contributed by atoms with E-state index in [1.807, 2.05) is 29.9 Å². The summed E-state index contributed by atoms with van der Waals surface area (Å²) in [4.78, 5) is 14.8. The van der Waals surface area contributed by atoms with Crippen LogP contribution in [0.4, 0.5) is 4.39 Å². The zero-order valence-electron chi connectivity index (χ0n) is 13.1. The van der Waals surface area contributed by atoms with E-state index < -0.39 is 5.82 Å². The van der Waals surface area contributed by atoms with Crippen molar-refractivity contribution in [2.24, 2.45) is 7.05 Å². The van der Waals surface area contributed by atoms with Crippen molar-refractivity contribution in [3.63, 3.8) is 0 Å². The van der Waals surface area contributed by atoms with Gasteiger partial charge in [0, 0.05) is 30.5 Å². The number of likely N-dealkylation sites (tertiary alicyclic amines) is 1. The third kappa shape index (κ3) is 3.27. The minimum absolute atomic E-state index is 0.0246. The van der Waals surface area contributed by atoms with Crippen molar-refractivity contribution in [1.29, 1.82) is 0 Å². The standard InChI is InChI=1S/C18H20ClFN2O/c1-21-10-5-7-16(21)17-6-3-2-4-11-22(17)18(23)14-12-13(19)8-9-15(14)20/h5,7-10,12,17H,2-4,6,11H2,1H3. The molecule has 0 N–H and O–H groups in total. The highest BCUT2D eigenvalue weighted by Crippen LogP contribution is 2.32. The van der Waals surface area contributed by atoms with Crippen molar-refractivity contribution in [2.75, 3.05) is 6.54 Å². The average molecular weight is 335 g/mol. The largest absolute Gasteiger partial charge is 0.353 e. The Morgan fingerprint density at radius 1 is 1.26 bits per heavy atom. The summed E-state index contributed by atoms with van der Waals surface area (Å²) in [6.45, 7) is 0.640. The van der Waals surface area contributed by atoms with Crippen molar-refractivity contribution in [3.8, 4) is 0 Å². The van der Waals surface area contributed by atoms with E-state index in [0.29, 0.717) is 11.6 Å². The second-order valence-corrected chi connectivity index (χ2v) is 6.47. The molecule has 3 nitrogen and oxygen atoms in total. The van der Waals surface area contributed by atoms with Gasteiger partial charge in [0.05, 0.1) is 11.6 Å². The monoisotopic (exact) mass is 334 g/mol. The molecule has 1 aromatic heterocycles. The molecule has 2 aromatic rings.